The summed E-state index contributed by atoms with van der Waals surface area (Å²) >= 11 is 1.48. The number of halogens is 1. The van der Waals surface area contributed by atoms with Crippen molar-refractivity contribution in [1.29, 1.82) is 0 Å². The van der Waals surface area contributed by atoms with Crippen LogP contribution in [0.4, 0.5) is 9.52 Å². The van der Waals surface area contributed by atoms with Gasteiger partial charge < -0.3 is 0 Å². The number of aromatic nitrogens is 1. The molecule has 0 atom stereocenters. The van der Waals surface area contributed by atoms with Crippen LogP contribution in [0.25, 0.3) is 11.3 Å². The van der Waals surface area contributed by atoms with Crippen LogP contribution in [0.1, 0.15) is 11.1 Å². The average molecular weight is 311 g/mol. The molecular weight excluding hydrogens is 297 g/mol. The number of nitrogens with one attached hydrogen (secondary N) is 1. The molecule has 0 spiro atoms. The van der Waals surface area contributed by atoms with Crippen molar-refractivity contribution in [2.75, 3.05) is 5.43 Å². The van der Waals surface area contributed by atoms with Gasteiger partial charge in [0.15, 0.2) is 0 Å². The molecule has 22 heavy (non-hydrogen) atoms. The third-order valence-electron chi connectivity index (χ3n) is 3.01. The Morgan fingerprint density at radius 2 is 2.00 bits per heavy atom. The quantitative estimate of drug-likeness (QED) is 0.560. The van der Waals surface area contributed by atoms with Crippen molar-refractivity contribution in [3.63, 3.8) is 0 Å². The first-order chi connectivity index (χ1) is 10.7. The van der Waals surface area contributed by atoms with E-state index in [2.05, 4.69) is 15.5 Å². The molecule has 2 aromatic carbocycles. The molecule has 0 fully saturated rings. The van der Waals surface area contributed by atoms with Gasteiger partial charge in [-0.2, -0.15) is 5.10 Å². The van der Waals surface area contributed by atoms with Gasteiger partial charge in [0.25, 0.3) is 0 Å². The summed E-state index contributed by atoms with van der Waals surface area (Å²) < 4.78 is 13.3. The predicted molar refractivity (Wildman–Crippen MR) is 89.9 cm³/mol. The number of hydrogen-bond donors (Lipinski definition) is 1. The first-order valence-corrected chi connectivity index (χ1v) is 7.66. The molecule has 0 aliphatic rings. The zero-order chi connectivity index (χ0) is 15.4. The van der Waals surface area contributed by atoms with E-state index in [0.29, 0.717) is 10.7 Å². The van der Waals surface area contributed by atoms with Gasteiger partial charge in [0, 0.05) is 10.9 Å². The van der Waals surface area contributed by atoms with Crippen LogP contribution in [0.3, 0.4) is 0 Å². The van der Waals surface area contributed by atoms with Gasteiger partial charge in [0.05, 0.1) is 11.9 Å². The maximum Gasteiger partial charge on any atom is 0.203 e. The maximum atomic E-state index is 13.3. The predicted octanol–water partition coefficient (Wildman–Crippen LogP) is 4.70. The van der Waals surface area contributed by atoms with Crippen LogP contribution in [-0.4, -0.2) is 11.2 Å². The molecule has 3 aromatic rings. The standard InChI is InChI=1S/C17H14FN3S/c1-12-7-13(9-15(18)8-12)10-19-21-17-20-16(11-22-17)14-5-3-2-4-6-14/h2-11H,1H3,(H,20,21). The Labute approximate surface area is 132 Å². The van der Waals surface area contributed by atoms with Gasteiger partial charge in [-0.1, -0.05) is 36.4 Å². The Morgan fingerprint density at radius 3 is 2.77 bits per heavy atom. The summed E-state index contributed by atoms with van der Waals surface area (Å²) in [5.41, 5.74) is 6.43. The molecule has 0 aliphatic heterocycles. The second-order valence-corrected chi connectivity index (χ2v) is 5.69. The molecule has 0 saturated heterocycles. The summed E-state index contributed by atoms with van der Waals surface area (Å²) in [6.45, 7) is 1.85. The maximum absolute atomic E-state index is 13.3. The van der Waals surface area contributed by atoms with E-state index in [0.717, 1.165) is 16.8 Å². The zero-order valence-corrected chi connectivity index (χ0v) is 12.8. The number of hydrogen-bond acceptors (Lipinski definition) is 4. The van der Waals surface area contributed by atoms with Gasteiger partial charge in [-0.05, 0) is 30.2 Å². The molecule has 0 radical (unpaired) electrons. The Bertz CT molecular complexity index is 776. The number of anilines is 1. The first-order valence-electron chi connectivity index (χ1n) is 6.78. The van der Waals surface area contributed by atoms with E-state index in [1.807, 2.05) is 48.7 Å². The van der Waals surface area contributed by atoms with Crippen LogP contribution in [0.2, 0.25) is 0 Å². The van der Waals surface area contributed by atoms with Crippen LogP contribution in [0.5, 0.6) is 0 Å². The van der Waals surface area contributed by atoms with E-state index < -0.39 is 0 Å². The van der Waals surface area contributed by atoms with E-state index in [4.69, 9.17) is 0 Å². The molecule has 3 rings (SSSR count). The Balaban J connectivity index is 1.69. The second-order valence-electron chi connectivity index (χ2n) is 4.84. The minimum absolute atomic E-state index is 0.262. The third kappa shape index (κ3) is 3.56. The molecule has 3 nitrogen and oxygen atoms in total. The van der Waals surface area contributed by atoms with Gasteiger partial charge in [-0.3, -0.25) is 5.43 Å². The highest BCUT2D eigenvalue weighted by Crippen LogP contribution is 2.24. The molecule has 0 amide bonds. The minimum atomic E-state index is -0.262. The molecule has 0 bridgehead atoms. The van der Waals surface area contributed by atoms with Crippen LogP contribution in [0, 0.1) is 12.7 Å². The van der Waals surface area contributed by atoms with Gasteiger partial charge in [-0.15, -0.1) is 11.3 Å². The van der Waals surface area contributed by atoms with Crippen LogP contribution < -0.4 is 5.43 Å². The van der Waals surface area contributed by atoms with Crippen molar-refractivity contribution < 1.29 is 4.39 Å². The third-order valence-corrected chi connectivity index (χ3v) is 3.76. The smallest absolute Gasteiger partial charge is 0.203 e. The Kier molecular flexibility index (Phi) is 4.25. The van der Waals surface area contributed by atoms with Crippen LogP contribution >= 0.6 is 11.3 Å². The Hall–Kier alpha value is -2.53. The van der Waals surface area contributed by atoms with Crippen molar-refractivity contribution in [3.05, 3.63) is 70.9 Å². The van der Waals surface area contributed by atoms with Crippen molar-refractivity contribution in [1.82, 2.24) is 4.98 Å². The van der Waals surface area contributed by atoms with Gasteiger partial charge in [-0.25, -0.2) is 9.37 Å². The summed E-state index contributed by atoms with van der Waals surface area (Å²) in [6, 6.07) is 14.7. The number of rotatable bonds is 4. The lowest BCUT2D eigenvalue weighted by Gasteiger charge is -1.98. The van der Waals surface area contributed by atoms with Gasteiger partial charge in [0.1, 0.15) is 5.82 Å². The zero-order valence-electron chi connectivity index (χ0n) is 12.0. The normalized spacial score (nSPS) is 11.0. The van der Waals surface area contributed by atoms with Crippen molar-refractivity contribution in [3.8, 4) is 11.3 Å². The summed E-state index contributed by atoms with van der Waals surface area (Å²) in [7, 11) is 0. The van der Waals surface area contributed by atoms with E-state index in [-0.39, 0.29) is 5.82 Å². The summed E-state index contributed by atoms with van der Waals surface area (Å²) in [5.74, 6) is -0.262. The Morgan fingerprint density at radius 1 is 1.18 bits per heavy atom. The lowest BCUT2D eigenvalue weighted by molar-refractivity contribution is 0.626. The number of thiazole rings is 1. The van der Waals surface area contributed by atoms with Gasteiger partial charge >= 0.3 is 0 Å². The molecular formula is C17H14FN3S. The number of nitrogens with zero attached hydrogens (tertiary/aromatic N) is 2. The number of hydrazone groups is 1. The molecule has 5 heteroatoms. The fourth-order valence-corrected chi connectivity index (χ4v) is 2.74. The fourth-order valence-electron chi connectivity index (χ4n) is 2.07. The summed E-state index contributed by atoms with van der Waals surface area (Å²) in [4.78, 5) is 4.47. The monoisotopic (exact) mass is 311 g/mol. The molecule has 110 valence electrons. The van der Waals surface area contributed by atoms with Crippen molar-refractivity contribution >= 4 is 22.7 Å². The molecule has 1 heterocycles. The van der Waals surface area contributed by atoms with Gasteiger partial charge in [0.2, 0.25) is 5.13 Å². The highest BCUT2D eigenvalue weighted by molar-refractivity contribution is 7.14. The van der Waals surface area contributed by atoms with Crippen LogP contribution in [0.15, 0.2) is 59.0 Å². The molecule has 0 aliphatic carbocycles. The van der Waals surface area contributed by atoms with E-state index >= 15 is 0 Å². The van der Waals surface area contributed by atoms with Crippen molar-refractivity contribution in [2.24, 2.45) is 5.10 Å². The summed E-state index contributed by atoms with van der Waals surface area (Å²) in [5, 5.41) is 6.78. The molecule has 1 aromatic heterocycles. The number of aryl methyl sites for hydroxylation is 1. The molecule has 0 saturated carbocycles. The molecule has 0 unspecified atom stereocenters. The topological polar surface area (TPSA) is 37.3 Å². The van der Waals surface area contributed by atoms with Crippen molar-refractivity contribution in [2.45, 2.75) is 6.92 Å². The van der Waals surface area contributed by atoms with E-state index in [1.54, 1.807) is 6.21 Å². The van der Waals surface area contributed by atoms with E-state index in [1.165, 1.54) is 23.5 Å². The van der Waals surface area contributed by atoms with E-state index in [9.17, 15) is 4.39 Å². The largest absolute Gasteiger partial charge is 0.253 e. The lowest BCUT2D eigenvalue weighted by Crippen LogP contribution is -1.91. The first kappa shape index (κ1) is 14.4. The number of benzene rings is 2. The molecule has 1 N–H and O–H groups in total. The minimum Gasteiger partial charge on any atom is -0.253 e. The summed E-state index contributed by atoms with van der Waals surface area (Å²) in [6.07, 6.45) is 1.58. The van der Waals surface area contributed by atoms with Crippen LogP contribution in [-0.2, 0) is 0 Å². The average Bonchev–Trinajstić information content (AvgIpc) is 2.96. The fraction of sp³-hybridized carbons (Fsp3) is 0.0588. The lowest BCUT2D eigenvalue weighted by atomic mass is 10.1. The highest BCUT2D eigenvalue weighted by atomic mass is 32.1. The SMILES string of the molecule is Cc1cc(F)cc(C=NNc2nc(-c3ccccc3)cs2)c1. The second kappa shape index (κ2) is 6.49. The highest BCUT2D eigenvalue weighted by Gasteiger charge is 2.02.